The van der Waals surface area contributed by atoms with Crippen molar-refractivity contribution in [3.05, 3.63) is 58.6 Å². The van der Waals surface area contributed by atoms with E-state index in [1.165, 1.54) is 30.3 Å². The van der Waals surface area contributed by atoms with Crippen molar-refractivity contribution in [3.8, 4) is 0 Å². The summed E-state index contributed by atoms with van der Waals surface area (Å²) >= 11 is 12.0. The number of benzene rings is 2. The van der Waals surface area contributed by atoms with E-state index in [2.05, 4.69) is 10.5 Å². The van der Waals surface area contributed by atoms with Crippen molar-refractivity contribution >= 4 is 50.5 Å². The summed E-state index contributed by atoms with van der Waals surface area (Å²) in [5.41, 5.74) is 3.12. The minimum atomic E-state index is -4.02. The van der Waals surface area contributed by atoms with Crippen molar-refractivity contribution in [2.75, 3.05) is 10.8 Å². The molecule has 0 saturated carbocycles. The highest BCUT2D eigenvalue weighted by Gasteiger charge is 2.27. The molecule has 6 nitrogen and oxygen atoms in total. The number of halogens is 2. The maximum absolute atomic E-state index is 13.2. The van der Waals surface area contributed by atoms with Crippen LogP contribution in [0, 0.1) is 5.41 Å². The Labute approximate surface area is 181 Å². The van der Waals surface area contributed by atoms with Gasteiger partial charge in [0.25, 0.3) is 15.9 Å². The topological polar surface area (TPSA) is 78.8 Å². The second kappa shape index (κ2) is 9.15. The van der Waals surface area contributed by atoms with Gasteiger partial charge in [0, 0.05) is 11.1 Å². The fourth-order valence-corrected chi connectivity index (χ4v) is 3.88. The van der Waals surface area contributed by atoms with E-state index in [0.717, 1.165) is 4.31 Å². The third kappa shape index (κ3) is 5.95. The first-order valence-corrected chi connectivity index (χ1v) is 11.0. The van der Waals surface area contributed by atoms with Crippen LogP contribution in [0.25, 0.3) is 0 Å². The van der Waals surface area contributed by atoms with Crippen LogP contribution in [0.3, 0.4) is 0 Å². The number of sulfonamides is 1. The number of hydrazone groups is 1. The van der Waals surface area contributed by atoms with Crippen molar-refractivity contribution in [2.45, 2.75) is 32.6 Å². The first kappa shape index (κ1) is 23.2. The summed E-state index contributed by atoms with van der Waals surface area (Å²) < 4.78 is 27.4. The molecule has 0 aliphatic rings. The van der Waals surface area contributed by atoms with Crippen LogP contribution in [0.4, 0.5) is 5.69 Å². The van der Waals surface area contributed by atoms with Crippen LogP contribution in [-0.4, -0.2) is 26.6 Å². The van der Waals surface area contributed by atoms with E-state index >= 15 is 0 Å². The number of hydrogen-bond donors (Lipinski definition) is 1. The number of nitrogens with one attached hydrogen (secondary N) is 1. The van der Waals surface area contributed by atoms with Crippen LogP contribution in [0.5, 0.6) is 0 Å². The molecule has 9 heteroatoms. The fraction of sp³-hybridized carbons (Fsp3) is 0.300. The molecule has 0 aliphatic heterocycles. The lowest BCUT2D eigenvalue weighted by molar-refractivity contribution is -0.119. The van der Waals surface area contributed by atoms with Gasteiger partial charge < -0.3 is 0 Å². The molecule has 0 radical (unpaired) electrons. The van der Waals surface area contributed by atoms with Crippen molar-refractivity contribution in [3.63, 3.8) is 0 Å². The molecule has 2 aromatic rings. The molecule has 0 fully saturated rings. The molecule has 0 unspecified atom stereocenters. The maximum Gasteiger partial charge on any atom is 0.264 e. The normalized spacial score (nSPS) is 12.6. The van der Waals surface area contributed by atoms with Gasteiger partial charge in [0.1, 0.15) is 6.54 Å². The molecule has 0 spiro atoms. The zero-order valence-corrected chi connectivity index (χ0v) is 18.9. The molecule has 0 aromatic heterocycles. The predicted molar refractivity (Wildman–Crippen MR) is 118 cm³/mol. The van der Waals surface area contributed by atoms with Crippen molar-refractivity contribution in [1.82, 2.24) is 5.43 Å². The highest BCUT2D eigenvalue weighted by atomic mass is 35.5. The van der Waals surface area contributed by atoms with E-state index < -0.39 is 22.5 Å². The molecule has 1 amide bonds. The molecule has 29 heavy (non-hydrogen) atoms. The van der Waals surface area contributed by atoms with Gasteiger partial charge in [0.05, 0.1) is 20.6 Å². The van der Waals surface area contributed by atoms with E-state index in [0.29, 0.717) is 5.71 Å². The van der Waals surface area contributed by atoms with E-state index in [9.17, 15) is 13.2 Å². The zero-order valence-electron chi connectivity index (χ0n) is 16.6. The molecule has 0 atom stereocenters. The number of anilines is 1. The van der Waals surface area contributed by atoms with Gasteiger partial charge in [-0.15, -0.1) is 0 Å². The summed E-state index contributed by atoms with van der Waals surface area (Å²) in [5.74, 6) is -0.584. The summed E-state index contributed by atoms with van der Waals surface area (Å²) in [4.78, 5) is 12.6. The van der Waals surface area contributed by atoms with Crippen LogP contribution >= 0.6 is 23.2 Å². The second-order valence-electron chi connectivity index (χ2n) is 7.41. The van der Waals surface area contributed by atoms with Gasteiger partial charge in [-0.3, -0.25) is 9.10 Å². The van der Waals surface area contributed by atoms with E-state index in [1.54, 1.807) is 25.1 Å². The van der Waals surface area contributed by atoms with Crippen molar-refractivity contribution < 1.29 is 13.2 Å². The SMILES string of the molecule is C/C(=N\NC(=O)CN(c1ccc(Cl)c(Cl)c1)S(=O)(=O)c1ccccc1)C(C)(C)C. The lowest BCUT2D eigenvalue weighted by Gasteiger charge is -2.24. The first-order valence-electron chi connectivity index (χ1n) is 8.79. The highest BCUT2D eigenvalue weighted by Crippen LogP contribution is 2.30. The zero-order chi connectivity index (χ0) is 21.8. The predicted octanol–water partition coefficient (Wildman–Crippen LogP) is 4.73. The summed E-state index contributed by atoms with van der Waals surface area (Å²) in [6.07, 6.45) is 0. The molecule has 2 rings (SSSR count). The third-order valence-electron chi connectivity index (χ3n) is 4.24. The standard InChI is InChI=1S/C20H23Cl2N3O3S/c1-14(20(2,3)4)23-24-19(26)13-25(15-10-11-17(21)18(22)12-15)29(27,28)16-8-6-5-7-9-16/h5-12H,13H2,1-4H3,(H,24,26)/b23-14+. The Bertz CT molecular complexity index is 1020. The highest BCUT2D eigenvalue weighted by molar-refractivity contribution is 7.92. The summed E-state index contributed by atoms with van der Waals surface area (Å²) in [5, 5.41) is 4.54. The molecule has 0 heterocycles. The fourth-order valence-electron chi connectivity index (χ4n) is 2.15. The average molecular weight is 456 g/mol. The molecule has 2 aromatic carbocycles. The Morgan fingerprint density at radius 2 is 1.69 bits per heavy atom. The average Bonchev–Trinajstić information content (AvgIpc) is 2.66. The third-order valence-corrected chi connectivity index (χ3v) is 6.77. The number of hydrogen-bond acceptors (Lipinski definition) is 4. The monoisotopic (exact) mass is 455 g/mol. The van der Waals surface area contributed by atoms with Gasteiger partial charge >= 0.3 is 0 Å². The Morgan fingerprint density at radius 1 is 1.07 bits per heavy atom. The van der Waals surface area contributed by atoms with Gasteiger partial charge in [-0.2, -0.15) is 5.10 Å². The summed E-state index contributed by atoms with van der Waals surface area (Å²) in [6, 6.07) is 12.2. The number of carbonyl (C=O) groups is 1. The van der Waals surface area contributed by atoms with Gasteiger partial charge in [-0.05, 0) is 37.3 Å². The van der Waals surface area contributed by atoms with Crippen molar-refractivity contribution in [2.24, 2.45) is 10.5 Å². The number of nitrogens with zero attached hydrogens (tertiary/aromatic N) is 2. The van der Waals surface area contributed by atoms with Crippen LogP contribution in [0.2, 0.25) is 10.0 Å². The summed E-state index contributed by atoms with van der Waals surface area (Å²) in [6.45, 7) is 7.19. The molecule has 156 valence electrons. The van der Waals surface area contributed by atoms with E-state index in [4.69, 9.17) is 23.2 Å². The van der Waals surface area contributed by atoms with Crippen LogP contribution in [-0.2, 0) is 14.8 Å². The molecular weight excluding hydrogens is 433 g/mol. The minimum absolute atomic E-state index is 0.0493. The first-order chi connectivity index (χ1) is 13.4. The number of carbonyl (C=O) groups excluding carboxylic acids is 1. The largest absolute Gasteiger partial charge is 0.271 e. The Morgan fingerprint density at radius 3 is 2.24 bits per heavy atom. The van der Waals surface area contributed by atoms with Gasteiger partial charge in [-0.1, -0.05) is 62.2 Å². The lowest BCUT2D eigenvalue weighted by Crippen LogP contribution is -2.40. The van der Waals surface area contributed by atoms with Gasteiger partial charge in [0.15, 0.2) is 0 Å². The summed E-state index contributed by atoms with van der Waals surface area (Å²) in [7, 11) is -4.02. The lowest BCUT2D eigenvalue weighted by atomic mass is 9.91. The van der Waals surface area contributed by atoms with E-state index in [1.807, 2.05) is 20.8 Å². The van der Waals surface area contributed by atoms with Gasteiger partial charge in [0.2, 0.25) is 0 Å². The quantitative estimate of drug-likeness (QED) is 0.504. The van der Waals surface area contributed by atoms with Crippen molar-refractivity contribution in [1.29, 1.82) is 0 Å². The maximum atomic E-state index is 13.2. The van der Waals surface area contributed by atoms with E-state index in [-0.39, 0.29) is 26.0 Å². The van der Waals surface area contributed by atoms with Gasteiger partial charge in [-0.25, -0.2) is 13.8 Å². The Balaban J connectivity index is 2.40. The number of amides is 1. The van der Waals surface area contributed by atoms with Crippen LogP contribution in [0.1, 0.15) is 27.7 Å². The minimum Gasteiger partial charge on any atom is -0.271 e. The smallest absolute Gasteiger partial charge is 0.264 e. The molecule has 0 aliphatic carbocycles. The number of rotatable bonds is 6. The molecule has 0 bridgehead atoms. The molecule has 0 saturated heterocycles. The second-order valence-corrected chi connectivity index (χ2v) is 10.1. The Kier molecular flexibility index (Phi) is 7.32. The Hall–Kier alpha value is -2.09. The molecule has 1 N–H and O–H groups in total. The van der Waals surface area contributed by atoms with Crippen LogP contribution in [0.15, 0.2) is 58.5 Å². The molecular formula is C20H23Cl2N3O3S. The van der Waals surface area contributed by atoms with Crippen LogP contribution < -0.4 is 9.73 Å².